The van der Waals surface area contributed by atoms with Gasteiger partial charge in [-0.05, 0) is 49.3 Å². The second-order valence-electron chi connectivity index (χ2n) is 9.04. The number of carbonyl (C=O) groups is 2. The van der Waals surface area contributed by atoms with Crippen LogP contribution in [0.1, 0.15) is 62.7 Å². The molecule has 4 rings (SSSR count). The lowest BCUT2D eigenvalue weighted by atomic mass is 10.0. The summed E-state index contributed by atoms with van der Waals surface area (Å²) in [6.07, 6.45) is 3.36. The Morgan fingerprint density at radius 1 is 1.12 bits per heavy atom. The van der Waals surface area contributed by atoms with E-state index in [0.29, 0.717) is 31.7 Å². The van der Waals surface area contributed by atoms with Crippen LogP contribution in [0, 0.1) is 6.92 Å². The van der Waals surface area contributed by atoms with E-state index in [1.807, 2.05) is 31.2 Å². The standard InChI is InChI=1S/C24H29N3O5S/c1-16-4-6-17(7-5-16)15-25-22(28)20-14-19(18-8-9-18)21-24(30)26(10-3-13-33(2,31)32)11-12-27(21)23(20)29/h4-7,14,18H,3,8-13,15H2,1-2H3,(H,25,28). The Morgan fingerprint density at radius 3 is 2.45 bits per heavy atom. The van der Waals surface area contributed by atoms with Gasteiger partial charge in [-0.2, -0.15) is 0 Å². The third kappa shape index (κ3) is 5.35. The molecule has 1 saturated carbocycles. The fourth-order valence-electron chi connectivity index (χ4n) is 4.20. The molecular weight excluding hydrogens is 442 g/mol. The van der Waals surface area contributed by atoms with Gasteiger partial charge in [0.2, 0.25) is 0 Å². The maximum absolute atomic E-state index is 13.2. The number of nitrogens with zero attached hydrogens (tertiary/aromatic N) is 2. The van der Waals surface area contributed by atoms with Gasteiger partial charge in [0.15, 0.2) is 0 Å². The second-order valence-corrected chi connectivity index (χ2v) is 11.3. The van der Waals surface area contributed by atoms with Gasteiger partial charge in [-0.3, -0.25) is 14.4 Å². The lowest BCUT2D eigenvalue weighted by molar-refractivity contribution is 0.0697. The largest absolute Gasteiger partial charge is 0.348 e. The van der Waals surface area contributed by atoms with Crippen molar-refractivity contribution >= 4 is 21.7 Å². The number of carbonyl (C=O) groups excluding carboxylic acids is 2. The molecule has 0 saturated heterocycles. The van der Waals surface area contributed by atoms with E-state index in [9.17, 15) is 22.8 Å². The summed E-state index contributed by atoms with van der Waals surface area (Å²) in [6.45, 7) is 3.23. The summed E-state index contributed by atoms with van der Waals surface area (Å²) in [5, 5.41) is 2.83. The van der Waals surface area contributed by atoms with Crippen LogP contribution in [0.5, 0.6) is 0 Å². The van der Waals surface area contributed by atoms with Gasteiger partial charge >= 0.3 is 0 Å². The number of hydrogen-bond donors (Lipinski definition) is 1. The normalized spacial score (nSPS) is 15.9. The zero-order valence-corrected chi connectivity index (χ0v) is 19.8. The first kappa shape index (κ1) is 23.2. The van der Waals surface area contributed by atoms with Crippen molar-refractivity contribution < 1.29 is 18.0 Å². The fourth-order valence-corrected chi connectivity index (χ4v) is 4.85. The number of sulfone groups is 1. The van der Waals surface area contributed by atoms with Crippen LogP contribution in [0.15, 0.2) is 35.1 Å². The highest BCUT2D eigenvalue weighted by molar-refractivity contribution is 7.90. The number of hydrogen-bond acceptors (Lipinski definition) is 5. The Kier molecular flexibility index (Phi) is 6.43. The summed E-state index contributed by atoms with van der Waals surface area (Å²) >= 11 is 0. The van der Waals surface area contributed by atoms with Gasteiger partial charge in [-0.15, -0.1) is 0 Å². The first-order valence-electron chi connectivity index (χ1n) is 11.2. The lowest BCUT2D eigenvalue weighted by Gasteiger charge is -2.31. The molecule has 8 nitrogen and oxygen atoms in total. The molecule has 1 fully saturated rings. The van der Waals surface area contributed by atoms with Crippen molar-refractivity contribution in [2.75, 3.05) is 25.1 Å². The van der Waals surface area contributed by atoms with Crippen LogP contribution in [-0.4, -0.2) is 54.8 Å². The molecule has 1 aromatic carbocycles. The van der Waals surface area contributed by atoms with Gasteiger partial charge in [0, 0.05) is 32.4 Å². The number of benzene rings is 1. The van der Waals surface area contributed by atoms with Crippen molar-refractivity contribution in [1.29, 1.82) is 0 Å². The van der Waals surface area contributed by atoms with E-state index in [2.05, 4.69) is 5.32 Å². The zero-order chi connectivity index (χ0) is 23.8. The molecule has 2 amide bonds. The van der Waals surface area contributed by atoms with Gasteiger partial charge in [-0.25, -0.2) is 8.42 Å². The monoisotopic (exact) mass is 471 g/mol. The van der Waals surface area contributed by atoms with E-state index in [-0.39, 0.29) is 29.7 Å². The smallest absolute Gasteiger partial charge is 0.270 e. The number of rotatable bonds is 8. The van der Waals surface area contributed by atoms with E-state index < -0.39 is 21.3 Å². The van der Waals surface area contributed by atoms with Gasteiger partial charge in [0.1, 0.15) is 21.1 Å². The van der Waals surface area contributed by atoms with Crippen LogP contribution >= 0.6 is 0 Å². The van der Waals surface area contributed by atoms with Crippen LogP contribution in [0.2, 0.25) is 0 Å². The van der Waals surface area contributed by atoms with Crippen molar-refractivity contribution in [3.8, 4) is 0 Å². The molecule has 1 aromatic heterocycles. The fraction of sp³-hybridized carbons (Fsp3) is 0.458. The molecule has 9 heteroatoms. The highest BCUT2D eigenvalue weighted by Gasteiger charge is 2.36. The molecule has 0 bridgehead atoms. The van der Waals surface area contributed by atoms with Gasteiger partial charge in [-0.1, -0.05) is 29.8 Å². The Balaban J connectivity index is 1.57. The molecule has 0 spiro atoms. The molecular formula is C24H29N3O5S. The Morgan fingerprint density at radius 2 is 1.82 bits per heavy atom. The summed E-state index contributed by atoms with van der Waals surface area (Å²) in [4.78, 5) is 40.9. The van der Waals surface area contributed by atoms with E-state index in [0.717, 1.165) is 29.5 Å². The predicted molar refractivity (Wildman–Crippen MR) is 125 cm³/mol. The van der Waals surface area contributed by atoms with Gasteiger partial charge < -0.3 is 14.8 Å². The number of fused-ring (bicyclic) bond motifs is 1. The van der Waals surface area contributed by atoms with Crippen LogP contribution in [0.4, 0.5) is 0 Å². The van der Waals surface area contributed by atoms with Crippen LogP contribution in [0.25, 0.3) is 0 Å². The van der Waals surface area contributed by atoms with Crippen molar-refractivity contribution in [2.45, 2.75) is 45.2 Å². The molecule has 0 radical (unpaired) electrons. The van der Waals surface area contributed by atoms with Crippen LogP contribution < -0.4 is 10.9 Å². The van der Waals surface area contributed by atoms with Crippen LogP contribution in [0.3, 0.4) is 0 Å². The molecule has 0 unspecified atom stereocenters. The molecule has 0 atom stereocenters. The summed E-state index contributed by atoms with van der Waals surface area (Å²) < 4.78 is 24.3. The van der Waals surface area contributed by atoms with Crippen molar-refractivity contribution in [1.82, 2.24) is 14.8 Å². The number of pyridine rings is 1. The molecule has 1 aliphatic carbocycles. The molecule has 33 heavy (non-hydrogen) atoms. The Bertz CT molecular complexity index is 1240. The minimum atomic E-state index is -3.10. The average molecular weight is 472 g/mol. The number of aromatic nitrogens is 1. The van der Waals surface area contributed by atoms with Crippen LogP contribution in [-0.2, 0) is 22.9 Å². The molecule has 1 N–H and O–H groups in total. The molecule has 2 aromatic rings. The first-order chi connectivity index (χ1) is 15.6. The van der Waals surface area contributed by atoms with Crippen molar-refractivity contribution in [3.63, 3.8) is 0 Å². The lowest BCUT2D eigenvalue weighted by Crippen LogP contribution is -2.47. The number of amides is 2. The van der Waals surface area contributed by atoms with E-state index in [1.54, 1.807) is 11.0 Å². The quantitative estimate of drug-likeness (QED) is 0.633. The first-order valence-corrected chi connectivity index (χ1v) is 13.3. The highest BCUT2D eigenvalue weighted by Crippen LogP contribution is 2.42. The third-order valence-corrected chi connectivity index (χ3v) is 7.21. The maximum atomic E-state index is 13.2. The topological polar surface area (TPSA) is 106 Å². The summed E-state index contributed by atoms with van der Waals surface area (Å²) in [5.41, 5.74) is 2.76. The Labute approximate surface area is 193 Å². The van der Waals surface area contributed by atoms with Gasteiger partial charge in [0.25, 0.3) is 17.4 Å². The molecule has 1 aliphatic heterocycles. The Hall–Kier alpha value is -2.94. The van der Waals surface area contributed by atoms with E-state index in [1.165, 1.54) is 10.8 Å². The van der Waals surface area contributed by atoms with Crippen molar-refractivity contribution in [3.05, 3.63) is 68.6 Å². The SMILES string of the molecule is Cc1ccc(CNC(=O)c2cc(C3CC3)c3n(c2=O)CCN(CCCS(C)(=O)=O)C3=O)cc1. The maximum Gasteiger partial charge on any atom is 0.270 e. The minimum absolute atomic E-state index is 0.0131. The molecule has 2 heterocycles. The summed E-state index contributed by atoms with van der Waals surface area (Å²) in [5.74, 6) is -0.532. The average Bonchev–Trinajstić information content (AvgIpc) is 3.59. The second kappa shape index (κ2) is 9.13. The van der Waals surface area contributed by atoms with Crippen molar-refractivity contribution in [2.24, 2.45) is 0 Å². The summed E-state index contributed by atoms with van der Waals surface area (Å²) in [6, 6.07) is 9.39. The summed E-state index contributed by atoms with van der Waals surface area (Å²) in [7, 11) is -3.10. The molecule has 176 valence electrons. The minimum Gasteiger partial charge on any atom is -0.348 e. The van der Waals surface area contributed by atoms with E-state index in [4.69, 9.17) is 0 Å². The number of nitrogens with one attached hydrogen (secondary N) is 1. The predicted octanol–water partition coefficient (Wildman–Crippen LogP) is 1.85. The van der Waals surface area contributed by atoms with E-state index >= 15 is 0 Å². The highest BCUT2D eigenvalue weighted by atomic mass is 32.2. The third-order valence-electron chi connectivity index (χ3n) is 6.18. The zero-order valence-electron chi connectivity index (χ0n) is 19.0. The number of aryl methyl sites for hydroxylation is 1. The molecule has 2 aliphatic rings. The van der Waals surface area contributed by atoms with Gasteiger partial charge in [0.05, 0.1) is 5.75 Å².